The number of Topliss-reactive ketones (excluding diaryl/α,β-unsaturated/α-hetero) is 1. The molecule has 3 nitrogen and oxygen atoms in total. The Morgan fingerprint density at radius 1 is 1.00 bits per heavy atom. The van der Waals surface area contributed by atoms with E-state index in [1.165, 1.54) is 0 Å². The number of carbonyl (C=O) groups is 1. The van der Waals surface area contributed by atoms with Crippen molar-refractivity contribution < 1.29 is 4.79 Å². The molecule has 0 spiro atoms. The van der Waals surface area contributed by atoms with Crippen LogP contribution >= 0.6 is 15.9 Å². The number of fused-ring (bicyclic) bond motifs is 3. The van der Waals surface area contributed by atoms with Crippen LogP contribution in [0.1, 0.15) is 21.5 Å². The van der Waals surface area contributed by atoms with Crippen molar-refractivity contribution in [3.05, 3.63) is 71.3 Å². The first-order chi connectivity index (χ1) is 9.70. The molecule has 1 heterocycles. The zero-order valence-corrected chi connectivity index (χ0v) is 12.1. The molecule has 2 atom stereocenters. The third-order valence-corrected chi connectivity index (χ3v) is 5.36. The van der Waals surface area contributed by atoms with E-state index in [4.69, 9.17) is 0 Å². The van der Waals surface area contributed by atoms with Gasteiger partial charge in [0.1, 0.15) is 4.32 Å². The fourth-order valence-corrected chi connectivity index (χ4v) is 4.12. The molecule has 0 radical (unpaired) electrons. The molecule has 0 unspecified atom stereocenters. The first-order valence-electron chi connectivity index (χ1n) is 6.40. The highest BCUT2D eigenvalue weighted by atomic mass is 79.9. The van der Waals surface area contributed by atoms with Crippen molar-refractivity contribution in [3.8, 4) is 0 Å². The van der Waals surface area contributed by atoms with Crippen LogP contribution < -0.4 is 5.43 Å². The smallest absolute Gasteiger partial charge is 0.196 e. The highest BCUT2D eigenvalue weighted by Crippen LogP contribution is 2.56. The summed E-state index contributed by atoms with van der Waals surface area (Å²) < 4.78 is -0.630. The summed E-state index contributed by atoms with van der Waals surface area (Å²) in [6.45, 7) is 0. The molecule has 0 saturated carbocycles. The fraction of sp³-hybridized carbons (Fsp3) is 0.125. The predicted octanol–water partition coefficient (Wildman–Crippen LogP) is 2.96. The quantitative estimate of drug-likeness (QED) is 0.818. The maximum Gasteiger partial charge on any atom is 0.196 e. The number of hydrogen-bond donors (Lipinski definition) is 1. The van der Waals surface area contributed by atoms with E-state index >= 15 is 0 Å². The minimum absolute atomic E-state index is 0.0497. The molecule has 0 bridgehead atoms. The molecule has 2 aromatic rings. The highest BCUT2D eigenvalue weighted by molar-refractivity contribution is 9.10. The van der Waals surface area contributed by atoms with Crippen LogP contribution in [-0.2, 0) is 9.86 Å². The van der Waals surface area contributed by atoms with Crippen molar-refractivity contribution in [1.29, 1.82) is 0 Å². The second kappa shape index (κ2) is 3.79. The summed E-state index contributed by atoms with van der Waals surface area (Å²) in [6.07, 6.45) is 1.78. The highest BCUT2D eigenvalue weighted by Gasteiger charge is 2.65. The number of rotatable bonds is 1. The van der Waals surface area contributed by atoms with Crippen molar-refractivity contribution >= 4 is 27.9 Å². The molecule has 1 N–H and O–H groups in total. The lowest BCUT2D eigenvalue weighted by molar-refractivity contribution is 0.0868. The van der Waals surface area contributed by atoms with Crippen LogP contribution in [0.3, 0.4) is 0 Å². The summed E-state index contributed by atoms with van der Waals surface area (Å²) in [4.78, 5) is 13.0. The van der Waals surface area contributed by atoms with E-state index < -0.39 is 9.86 Å². The number of ketones is 1. The SMILES string of the molecule is O=C1c2ccccc2[C@@]2(Br)C=NN[C@@]12c1ccccc1. The molecule has 2 aromatic carbocycles. The Labute approximate surface area is 124 Å². The molecule has 98 valence electrons. The van der Waals surface area contributed by atoms with Crippen LogP contribution in [0.25, 0.3) is 0 Å². The summed E-state index contributed by atoms with van der Waals surface area (Å²) in [5.74, 6) is 0.0497. The third-order valence-electron chi connectivity index (χ3n) is 4.13. The second-order valence-corrected chi connectivity index (χ2v) is 6.32. The van der Waals surface area contributed by atoms with E-state index in [1.54, 1.807) is 6.21 Å². The van der Waals surface area contributed by atoms with Crippen molar-refractivity contribution in [1.82, 2.24) is 5.43 Å². The van der Waals surface area contributed by atoms with Gasteiger partial charge in [0.2, 0.25) is 0 Å². The van der Waals surface area contributed by atoms with E-state index in [-0.39, 0.29) is 5.78 Å². The van der Waals surface area contributed by atoms with Gasteiger partial charge >= 0.3 is 0 Å². The van der Waals surface area contributed by atoms with Gasteiger partial charge < -0.3 is 0 Å². The Morgan fingerprint density at radius 2 is 1.70 bits per heavy atom. The molecular weight excluding hydrogens is 316 g/mol. The van der Waals surface area contributed by atoms with Gasteiger partial charge in [0.25, 0.3) is 0 Å². The maximum atomic E-state index is 13.0. The van der Waals surface area contributed by atoms with E-state index in [2.05, 4.69) is 26.5 Å². The van der Waals surface area contributed by atoms with Crippen molar-refractivity contribution in [2.24, 2.45) is 5.10 Å². The molecule has 0 fully saturated rings. The largest absolute Gasteiger partial charge is 0.291 e. The van der Waals surface area contributed by atoms with Gasteiger partial charge in [-0.25, -0.2) is 0 Å². The molecule has 0 saturated heterocycles. The summed E-state index contributed by atoms with van der Waals surface area (Å²) >= 11 is 3.77. The van der Waals surface area contributed by atoms with Gasteiger partial charge in [0.15, 0.2) is 11.3 Å². The molecule has 1 aliphatic heterocycles. The molecule has 0 aromatic heterocycles. The third kappa shape index (κ3) is 1.16. The Kier molecular flexibility index (Phi) is 2.25. The number of hydrogen-bond acceptors (Lipinski definition) is 3. The van der Waals surface area contributed by atoms with E-state index in [0.717, 1.165) is 16.7 Å². The standard InChI is InChI=1S/C16H11BrN2O/c17-15-10-18-19-16(15,11-6-2-1-3-7-11)14(20)12-8-4-5-9-13(12)15/h1-10,19H/t15-,16-/m0/s1. The molecule has 20 heavy (non-hydrogen) atoms. The number of halogens is 1. The summed E-state index contributed by atoms with van der Waals surface area (Å²) in [7, 11) is 0. The van der Waals surface area contributed by atoms with Crippen molar-refractivity contribution in [2.75, 3.05) is 0 Å². The predicted molar refractivity (Wildman–Crippen MR) is 81.1 cm³/mol. The van der Waals surface area contributed by atoms with Gasteiger partial charge in [0, 0.05) is 11.8 Å². The van der Waals surface area contributed by atoms with Crippen LogP contribution in [0.4, 0.5) is 0 Å². The Morgan fingerprint density at radius 3 is 2.50 bits per heavy atom. The number of alkyl halides is 1. The van der Waals surface area contributed by atoms with E-state index in [0.29, 0.717) is 0 Å². The monoisotopic (exact) mass is 326 g/mol. The average Bonchev–Trinajstić information content (AvgIpc) is 2.94. The van der Waals surface area contributed by atoms with E-state index in [9.17, 15) is 4.79 Å². The normalized spacial score (nSPS) is 29.9. The first-order valence-corrected chi connectivity index (χ1v) is 7.19. The minimum Gasteiger partial charge on any atom is -0.291 e. The lowest BCUT2D eigenvalue weighted by Crippen LogP contribution is -2.51. The van der Waals surface area contributed by atoms with Gasteiger partial charge in [-0.1, -0.05) is 70.5 Å². The number of nitrogens with zero attached hydrogens (tertiary/aromatic N) is 1. The Hall–Kier alpha value is -1.94. The van der Waals surface area contributed by atoms with Crippen LogP contribution in [0, 0.1) is 0 Å². The van der Waals surface area contributed by atoms with Gasteiger partial charge in [-0.15, -0.1) is 0 Å². The number of hydrazone groups is 1. The van der Waals surface area contributed by atoms with Gasteiger partial charge in [-0.2, -0.15) is 5.10 Å². The maximum absolute atomic E-state index is 13.0. The van der Waals surface area contributed by atoms with Crippen molar-refractivity contribution in [2.45, 2.75) is 9.86 Å². The molecule has 4 heteroatoms. The zero-order chi connectivity index (χ0) is 13.8. The first kappa shape index (κ1) is 11.9. The summed E-state index contributed by atoms with van der Waals surface area (Å²) in [5, 5.41) is 4.19. The van der Waals surface area contributed by atoms with E-state index in [1.807, 2.05) is 54.6 Å². The lowest BCUT2D eigenvalue weighted by atomic mass is 9.80. The Balaban J connectivity index is 2.05. The van der Waals surface area contributed by atoms with Gasteiger partial charge in [0.05, 0.1) is 0 Å². The van der Waals surface area contributed by atoms with Crippen LogP contribution in [0.5, 0.6) is 0 Å². The minimum atomic E-state index is -0.891. The number of carbonyl (C=O) groups excluding carboxylic acids is 1. The molecule has 4 rings (SSSR count). The van der Waals surface area contributed by atoms with Crippen molar-refractivity contribution in [3.63, 3.8) is 0 Å². The zero-order valence-electron chi connectivity index (χ0n) is 10.5. The van der Waals surface area contributed by atoms with Gasteiger partial charge in [-0.05, 0) is 11.1 Å². The molecular formula is C16H11BrN2O. The summed E-state index contributed by atoms with van der Waals surface area (Å²) in [6, 6.07) is 17.4. The lowest BCUT2D eigenvalue weighted by Gasteiger charge is -2.33. The van der Waals surface area contributed by atoms with Crippen LogP contribution in [0.2, 0.25) is 0 Å². The molecule has 2 aliphatic rings. The molecule has 1 aliphatic carbocycles. The summed E-state index contributed by atoms with van der Waals surface area (Å²) in [5.41, 5.74) is 4.78. The number of benzene rings is 2. The molecule has 0 amide bonds. The number of nitrogens with one attached hydrogen (secondary N) is 1. The fourth-order valence-electron chi connectivity index (χ4n) is 3.18. The topological polar surface area (TPSA) is 41.5 Å². The van der Waals surface area contributed by atoms with Crippen LogP contribution in [-0.4, -0.2) is 12.0 Å². The Bertz CT molecular complexity index is 743. The average molecular weight is 327 g/mol. The second-order valence-electron chi connectivity index (χ2n) is 5.07. The van der Waals surface area contributed by atoms with Crippen LogP contribution in [0.15, 0.2) is 59.7 Å². The van der Waals surface area contributed by atoms with Gasteiger partial charge in [-0.3, -0.25) is 10.2 Å².